The number of likely N-dealkylation sites (N-methyl/N-ethyl adjacent to an activating group) is 1. The molecule has 0 bridgehead atoms. The Morgan fingerprint density at radius 1 is 1.25 bits per heavy atom. The van der Waals surface area contributed by atoms with Gasteiger partial charge in [-0.15, -0.1) is 0 Å². The lowest BCUT2D eigenvalue weighted by Crippen LogP contribution is -2.41. The molecule has 0 fully saturated rings. The van der Waals surface area contributed by atoms with Gasteiger partial charge in [0.2, 0.25) is 0 Å². The number of nitrogens with one attached hydrogen (secondary N) is 1. The second-order valence-corrected chi connectivity index (χ2v) is 6.13. The topological polar surface area (TPSA) is 12.0 Å². The molecule has 0 aliphatic heterocycles. The van der Waals surface area contributed by atoms with Crippen LogP contribution in [-0.2, 0) is 6.42 Å². The van der Waals surface area contributed by atoms with Gasteiger partial charge in [-0.1, -0.05) is 61.8 Å². The van der Waals surface area contributed by atoms with Crippen molar-refractivity contribution in [2.75, 3.05) is 6.54 Å². The fourth-order valence-corrected chi connectivity index (χ4v) is 2.26. The lowest BCUT2D eigenvalue weighted by Gasteiger charge is -2.31. The highest BCUT2D eigenvalue weighted by atomic mass is 79.9. The summed E-state index contributed by atoms with van der Waals surface area (Å²) in [5, 5.41) is 3.58. The third kappa shape index (κ3) is 3.91. The Hall–Kier alpha value is -0.340. The molecule has 0 aliphatic carbocycles. The van der Waals surface area contributed by atoms with Gasteiger partial charge < -0.3 is 5.32 Å². The van der Waals surface area contributed by atoms with Gasteiger partial charge in [0.05, 0.1) is 0 Å². The van der Waals surface area contributed by atoms with E-state index in [-0.39, 0.29) is 5.41 Å². The molecule has 1 nitrogen and oxygen atoms in total. The zero-order valence-electron chi connectivity index (χ0n) is 10.7. The highest BCUT2D eigenvalue weighted by Crippen LogP contribution is 2.25. The first-order valence-electron chi connectivity index (χ1n) is 5.92. The summed E-state index contributed by atoms with van der Waals surface area (Å²) in [6.45, 7) is 10.1. The lowest BCUT2D eigenvalue weighted by atomic mass is 9.83. The third-order valence-corrected chi connectivity index (χ3v) is 3.65. The molecular weight excluding hydrogens is 262 g/mol. The molecule has 2 heteroatoms. The summed E-state index contributed by atoms with van der Waals surface area (Å²) in [5.41, 5.74) is 1.66. The van der Waals surface area contributed by atoms with Crippen LogP contribution in [0.15, 0.2) is 28.7 Å². The molecule has 1 aromatic rings. The minimum atomic E-state index is 0.283. The Balaban J connectivity index is 2.80. The summed E-state index contributed by atoms with van der Waals surface area (Å²) in [6, 6.07) is 8.98. The van der Waals surface area contributed by atoms with Crippen molar-refractivity contribution in [1.82, 2.24) is 5.32 Å². The summed E-state index contributed by atoms with van der Waals surface area (Å²) in [4.78, 5) is 0. The third-order valence-electron chi connectivity index (χ3n) is 2.88. The van der Waals surface area contributed by atoms with Crippen LogP contribution in [0.25, 0.3) is 0 Å². The van der Waals surface area contributed by atoms with Gasteiger partial charge in [0, 0.05) is 10.5 Å². The molecule has 0 heterocycles. The van der Waals surface area contributed by atoms with Gasteiger partial charge in [-0.2, -0.15) is 0 Å². The van der Waals surface area contributed by atoms with E-state index < -0.39 is 0 Å². The molecule has 0 amide bonds. The second kappa shape index (κ2) is 5.83. The summed E-state index contributed by atoms with van der Waals surface area (Å²) in [5.74, 6) is 0. The second-order valence-electron chi connectivity index (χ2n) is 5.27. The molecule has 0 saturated carbocycles. The van der Waals surface area contributed by atoms with Gasteiger partial charge in [-0.25, -0.2) is 0 Å². The number of hydrogen-bond donors (Lipinski definition) is 1. The van der Waals surface area contributed by atoms with E-state index in [1.807, 2.05) is 0 Å². The maximum absolute atomic E-state index is 3.61. The van der Waals surface area contributed by atoms with Gasteiger partial charge in [0.15, 0.2) is 0 Å². The molecule has 0 spiro atoms. The van der Waals surface area contributed by atoms with Crippen LogP contribution in [0.5, 0.6) is 0 Å². The number of rotatable bonds is 4. The highest BCUT2D eigenvalue weighted by molar-refractivity contribution is 9.10. The molecule has 1 aromatic carbocycles. The van der Waals surface area contributed by atoms with E-state index in [1.54, 1.807) is 0 Å². The average Bonchev–Trinajstić information content (AvgIpc) is 2.19. The molecule has 16 heavy (non-hydrogen) atoms. The molecular formula is C14H22BrN. The van der Waals surface area contributed by atoms with Gasteiger partial charge in [0.25, 0.3) is 0 Å². The Morgan fingerprint density at radius 2 is 1.88 bits per heavy atom. The number of benzene rings is 1. The molecule has 0 radical (unpaired) electrons. The van der Waals surface area contributed by atoms with E-state index in [4.69, 9.17) is 0 Å². The Bertz CT molecular complexity index is 328. The van der Waals surface area contributed by atoms with Crippen molar-refractivity contribution in [3.8, 4) is 0 Å². The minimum absolute atomic E-state index is 0.283. The van der Waals surface area contributed by atoms with E-state index in [0.717, 1.165) is 13.0 Å². The Kier molecular flexibility index (Phi) is 5.00. The fraction of sp³-hybridized carbons (Fsp3) is 0.571. The van der Waals surface area contributed by atoms with Crippen molar-refractivity contribution >= 4 is 15.9 Å². The zero-order chi connectivity index (χ0) is 12.2. The minimum Gasteiger partial charge on any atom is -0.313 e. The summed E-state index contributed by atoms with van der Waals surface area (Å²) < 4.78 is 1.21. The molecule has 1 rings (SSSR count). The standard InChI is InChI=1S/C14H22BrN/c1-5-16-13(14(2,3)4)10-11-8-6-7-9-12(11)15/h6-9,13,16H,5,10H2,1-4H3. The lowest BCUT2D eigenvalue weighted by molar-refractivity contribution is 0.270. The molecule has 1 unspecified atom stereocenters. The Labute approximate surface area is 108 Å². The van der Waals surface area contributed by atoms with Crippen molar-refractivity contribution < 1.29 is 0 Å². The van der Waals surface area contributed by atoms with Gasteiger partial charge >= 0.3 is 0 Å². The molecule has 90 valence electrons. The van der Waals surface area contributed by atoms with Gasteiger partial charge in [-0.3, -0.25) is 0 Å². The van der Waals surface area contributed by atoms with E-state index in [9.17, 15) is 0 Å². The molecule has 0 saturated heterocycles. The number of halogens is 1. The zero-order valence-corrected chi connectivity index (χ0v) is 12.3. The fourth-order valence-electron chi connectivity index (χ4n) is 1.81. The predicted molar refractivity (Wildman–Crippen MR) is 74.8 cm³/mol. The van der Waals surface area contributed by atoms with Crippen LogP contribution in [0, 0.1) is 5.41 Å². The van der Waals surface area contributed by atoms with E-state index >= 15 is 0 Å². The molecule has 0 aromatic heterocycles. The van der Waals surface area contributed by atoms with Crippen LogP contribution in [0.1, 0.15) is 33.3 Å². The predicted octanol–water partition coefficient (Wildman–Crippen LogP) is 4.02. The van der Waals surface area contributed by atoms with Crippen LogP contribution in [0.3, 0.4) is 0 Å². The van der Waals surface area contributed by atoms with Crippen molar-refractivity contribution in [3.63, 3.8) is 0 Å². The highest BCUT2D eigenvalue weighted by Gasteiger charge is 2.24. The van der Waals surface area contributed by atoms with Crippen molar-refractivity contribution in [3.05, 3.63) is 34.3 Å². The van der Waals surface area contributed by atoms with E-state index in [1.165, 1.54) is 10.0 Å². The van der Waals surface area contributed by atoms with Crippen LogP contribution in [0.2, 0.25) is 0 Å². The molecule has 0 aliphatic rings. The quantitative estimate of drug-likeness (QED) is 0.880. The Morgan fingerprint density at radius 3 is 2.38 bits per heavy atom. The van der Waals surface area contributed by atoms with Gasteiger partial charge in [-0.05, 0) is 30.0 Å². The SMILES string of the molecule is CCNC(Cc1ccccc1Br)C(C)(C)C. The van der Waals surface area contributed by atoms with E-state index in [2.05, 4.69) is 73.2 Å². The smallest absolute Gasteiger partial charge is 0.0207 e. The first-order chi connectivity index (χ1) is 7.45. The number of hydrogen-bond acceptors (Lipinski definition) is 1. The van der Waals surface area contributed by atoms with Crippen molar-refractivity contribution in [1.29, 1.82) is 0 Å². The van der Waals surface area contributed by atoms with Crippen LogP contribution < -0.4 is 5.32 Å². The monoisotopic (exact) mass is 283 g/mol. The first-order valence-corrected chi connectivity index (χ1v) is 6.71. The van der Waals surface area contributed by atoms with Crippen LogP contribution in [-0.4, -0.2) is 12.6 Å². The van der Waals surface area contributed by atoms with Crippen LogP contribution >= 0.6 is 15.9 Å². The normalized spacial score (nSPS) is 13.8. The molecule has 1 N–H and O–H groups in total. The summed E-state index contributed by atoms with van der Waals surface area (Å²) in [6.07, 6.45) is 1.07. The molecule has 1 atom stereocenters. The van der Waals surface area contributed by atoms with Crippen molar-refractivity contribution in [2.45, 2.75) is 40.2 Å². The van der Waals surface area contributed by atoms with Crippen LogP contribution in [0.4, 0.5) is 0 Å². The summed E-state index contributed by atoms with van der Waals surface area (Å²) >= 11 is 3.61. The van der Waals surface area contributed by atoms with E-state index in [0.29, 0.717) is 6.04 Å². The summed E-state index contributed by atoms with van der Waals surface area (Å²) in [7, 11) is 0. The van der Waals surface area contributed by atoms with Gasteiger partial charge in [0.1, 0.15) is 0 Å². The maximum Gasteiger partial charge on any atom is 0.0207 e. The maximum atomic E-state index is 3.61. The van der Waals surface area contributed by atoms with Crippen molar-refractivity contribution in [2.24, 2.45) is 5.41 Å². The first kappa shape index (κ1) is 13.7. The largest absolute Gasteiger partial charge is 0.313 e. The average molecular weight is 284 g/mol.